The number of carbonyl (C=O) groups is 1. The molecule has 0 radical (unpaired) electrons. The summed E-state index contributed by atoms with van der Waals surface area (Å²) in [7, 11) is 0. The third kappa shape index (κ3) is 4.35. The van der Waals surface area contributed by atoms with Gasteiger partial charge in [-0.15, -0.1) is 0 Å². The molecular weight excluding hydrogens is 288 g/mol. The van der Waals surface area contributed by atoms with E-state index >= 15 is 0 Å². The van der Waals surface area contributed by atoms with E-state index in [0.29, 0.717) is 30.3 Å². The molecule has 2 heterocycles. The highest BCUT2D eigenvalue weighted by molar-refractivity contribution is 7.80. The normalized spacial score (nSPS) is 10.3. The van der Waals surface area contributed by atoms with Gasteiger partial charge in [0, 0.05) is 38.0 Å². The van der Waals surface area contributed by atoms with Crippen LogP contribution in [0.2, 0.25) is 0 Å². The van der Waals surface area contributed by atoms with Crippen molar-refractivity contribution in [1.82, 2.24) is 15.0 Å². The molecule has 1 amide bonds. The Hall–Kier alpha value is -2.28. The summed E-state index contributed by atoms with van der Waals surface area (Å²) in [6.07, 6.45) is 3.86. The van der Waals surface area contributed by atoms with Gasteiger partial charge in [-0.1, -0.05) is 23.4 Å². The van der Waals surface area contributed by atoms with Gasteiger partial charge in [-0.25, -0.2) is 0 Å². The molecule has 0 aromatic carbocycles. The lowest BCUT2D eigenvalue weighted by atomic mass is 10.2. The van der Waals surface area contributed by atoms with Gasteiger partial charge >= 0.3 is 0 Å². The summed E-state index contributed by atoms with van der Waals surface area (Å²) in [5.41, 5.74) is 6.73. The Morgan fingerprint density at radius 3 is 2.90 bits per heavy atom. The summed E-state index contributed by atoms with van der Waals surface area (Å²) in [5.74, 6) is 0.376. The fraction of sp³-hybridized carbons (Fsp3) is 0.286. The number of rotatable bonds is 6. The molecule has 2 aromatic heterocycles. The average Bonchev–Trinajstić information content (AvgIpc) is 2.90. The SMILES string of the molecule is Cc1cc(C(=O)N(CCC(N)=S)Cc2cccnc2)no1. The summed E-state index contributed by atoms with van der Waals surface area (Å²) in [6.45, 7) is 2.58. The van der Waals surface area contributed by atoms with Crippen molar-refractivity contribution in [2.75, 3.05) is 6.54 Å². The molecule has 0 spiro atoms. The minimum Gasteiger partial charge on any atom is -0.393 e. The van der Waals surface area contributed by atoms with Gasteiger partial charge < -0.3 is 15.2 Å². The summed E-state index contributed by atoms with van der Waals surface area (Å²) < 4.78 is 4.95. The third-order valence-corrected chi connectivity index (χ3v) is 3.06. The highest BCUT2D eigenvalue weighted by Crippen LogP contribution is 2.10. The Morgan fingerprint density at radius 2 is 2.33 bits per heavy atom. The van der Waals surface area contributed by atoms with Crippen molar-refractivity contribution in [3.05, 3.63) is 47.6 Å². The predicted octanol–water partition coefficient (Wildman–Crippen LogP) is 1.70. The minimum absolute atomic E-state index is 0.216. The molecule has 0 bridgehead atoms. The standard InChI is InChI=1S/C14H16N4O2S/c1-10-7-12(17-20-10)14(19)18(6-4-13(15)21)9-11-3-2-5-16-8-11/h2-3,5,7-8H,4,6,9H2,1H3,(H2,15,21). The summed E-state index contributed by atoms with van der Waals surface area (Å²) >= 11 is 4.88. The highest BCUT2D eigenvalue weighted by Gasteiger charge is 2.19. The fourth-order valence-electron chi connectivity index (χ4n) is 1.84. The van der Waals surface area contributed by atoms with Crippen molar-refractivity contribution in [2.45, 2.75) is 19.9 Å². The molecule has 110 valence electrons. The number of carbonyl (C=O) groups excluding carboxylic acids is 1. The molecule has 7 heteroatoms. The maximum absolute atomic E-state index is 12.5. The van der Waals surface area contributed by atoms with Crippen LogP contribution in [-0.2, 0) is 6.54 Å². The van der Waals surface area contributed by atoms with Gasteiger partial charge in [0.2, 0.25) is 0 Å². The molecule has 0 unspecified atom stereocenters. The Kier molecular flexibility index (Phi) is 4.99. The monoisotopic (exact) mass is 304 g/mol. The van der Waals surface area contributed by atoms with Crippen molar-refractivity contribution in [2.24, 2.45) is 5.73 Å². The lowest BCUT2D eigenvalue weighted by molar-refractivity contribution is 0.0737. The maximum atomic E-state index is 12.5. The van der Waals surface area contributed by atoms with Gasteiger partial charge in [0.1, 0.15) is 5.76 Å². The molecule has 2 aromatic rings. The van der Waals surface area contributed by atoms with Crippen LogP contribution in [0.25, 0.3) is 0 Å². The van der Waals surface area contributed by atoms with Crippen molar-refractivity contribution in [3.63, 3.8) is 0 Å². The largest absolute Gasteiger partial charge is 0.393 e. The van der Waals surface area contributed by atoms with E-state index in [9.17, 15) is 4.79 Å². The van der Waals surface area contributed by atoms with Gasteiger partial charge in [-0.2, -0.15) is 0 Å². The predicted molar refractivity (Wildman–Crippen MR) is 81.6 cm³/mol. The van der Waals surface area contributed by atoms with E-state index in [1.54, 1.807) is 30.3 Å². The van der Waals surface area contributed by atoms with E-state index in [1.807, 2.05) is 12.1 Å². The van der Waals surface area contributed by atoms with Gasteiger partial charge in [0.25, 0.3) is 5.91 Å². The highest BCUT2D eigenvalue weighted by atomic mass is 32.1. The fourth-order valence-corrected chi connectivity index (χ4v) is 1.93. The Labute approximate surface area is 127 Å². The molecule has 0 atom stereocenters. The minimum atomic E-state index is -0.216. The average molecular weight is 304 g/mol. The number of aryl methyl sites for hydroxylation is 1. The number of hydrogen-bond acceptors (Lipinski definition) is 5. The number of pyridine rings is 1. The molecule has 0 aliphatic heterocycles. The van der Waals surface area contributed by atoms with E-state index in [2.05, 4.69) is 10.1 Å². The van der Waals surface area contributed by atoms with Gasteiger partial charge in [0.05, 0.1) is 4.99 Å². The number of thiocarbonyl (C=S) groups is 1. The van der Waals surface area contributed by atoms with Crippen LogP contribution in [-0.4, -0.2) is 32.5 Å². The van der Waals surface area contributed by atoms with Crippen molar-refractivity contribution in [1.29, 1.82) is 0 Å². The Bertz CT molecular complexity index is 627. The molecule has 0 saturated carbocycles. The number of aromatic nitrogens is 2. The molecule has 2 N–H and O–H groups in total. The zero-order valence-corrected chi connectivity index (χ0v) is 12.5. The number of amides is 1. The molecule has 21 heavy (non-hydrogen) atoms. The first kappa shape index (κ1) is 15.1. The van der Waals surface area contributed by atoms with Crippen LogP contribution in [0.1, 0.15) is 28.2 Å². The van der Waals surface area contributed by atoms with Crippen LogP contribution in [0.5, 0.6) is 0 Å². The first-order chi connectivity index (χ1) is 10.1. The summed E-state index contributed by atoms with van der Waals surface area (Å²) in [4.78, 5) is 18.5. The zero-order valence-electron chi connectivity index (χ0n) is 11.7. The molecule has 0 saturated heterocycles. The van der Waals surface area contributed by atoms with E-state index < -0.39 is 0 Å². The van der Waals surface area contributed by atoms with Crippen LogP contribution in [0.3, 0.4) is 0 Å². The van der Waals surface area contributed by atoms with Crippen molar-refractivity contribution in [3.8, 4) is 0 Å². The second-order valence-corrected chi connectivity index (χ2v) is 5.15. The first-order valence-electron chi connectivity index (χ1n) is 6.46. The summed E-state index contributed by atoms with van der Waals surface area (Å²) in [6, 6.07) is 5.34. The second-order valence-electron chi connectivity index (χ2n) is 4.63. The van der Waals surface area contributed by atoms with Gasteiger partial charge in [-0.05, 0) is 18.6 Å². The van der Waals surface area contributed by atoms with Crippen molar-refractivity contribution >= 4 is 23.1 Å². The molecule has 2 rings (SSSR count). The number of hydrogen-bond donors (Lipinski definition) is 1. The lowest BCUT2D eigenvalue weighted by Crippen LogP contribution is -2.33. The van der Waals surface area contributed by atoms with E-state index in [-0.39, 0.29) is 11.6 Å². The molecule has 0 fully saturated rings. The van der Waals surface area contributed by atoms with Crippen LogP contribution in [0, 0.1) is 6.92 Å². The first-order valence-corrected chi connectivity index (χ1v) is 6.87. The zero-order chi connectivity index (χ0) is 15.2. The van der Waals surface area contributed by atoms with Crippen LogP contribution in [0.4, 0.5) is 0 Å². The second kappa shape index (κ2) is 6.94. The van der Waals surface area contributed by atoms with Crippen LogP contribution < -0.4 is 5.73 Å². The third-order valence-electron chi connectivity index (χ3n) is 2.86. The molecule has 0 aliphatic rings. The molecular formula is C14H16N4O2S. The summed E-state index contributed by atoms with van der Waals surface area (Å²) in [5, 5.41) is 3.76. The maximum Gasteiger partial charge on any atom is 0.276 e. The number of nitrogens with two attached hydrogens (primary N) is 1. The lowest BCUT2D eigenvalue weighted by Gasteiger charge is -2.21. The van der Waals surface area contributed by atoms with Gasteiger partial charge in [-0.3, -0.25) is 9.78 Å². The Morgan fingerprint density at radius 1 is 1.52 bits per heavy atom. The van der Waals surface area contributed by atoms with Crippen LogP contribution >= 0.6 is 12.2 Å². The van der Waals surface area contributed by atoms with Crippen molar-refractivity contribution < 1.29 is 9.32 Å². The van der Waals surface area contributed by atoms with E-state index in [0.717, 1.165) is 5.56 Å². The topological polar surface area (TPSA) is 85.2 Å². The van der Waals surface area contributed by atoms with E-state index in [1.165, 1.54) is 0 Å². The van der Waals surface area contributed by atoms with Gasteiger partial charge in [0.15, 0.2) is 5.69 Å². The molecule has 0 aliphatic carbocycles. The smallest absolute Gasteiger partial charge is 0.276 e. The molecule has 6 nitrogen and oxygen atoms in total. The number of nitrogens with zero attached hydrogens (tertiary/aromatic N) is 3. The van der Waals surface area contributed by atoms with Crippen LogP contribution in [0.15, 0.2) is 35.1 Å². The Balaban J connectivity index is 2.14. The quantitative estimate of drug-likeness (QED) is 0.818. The van der Waals surface area contributed by atoms with E-state index in [4.69, 9.17) is 22.5 Å².